The van der Waals surface area contributed by atoms with Gasteiger partial charge in [-0.25, -0.2) is 0 Å². The van der Waals surface area contributed by atoms with Crippen molar-refractivity contribution in [3.63, 3.8) is 0 Å². The Morgan fingerprint density at radius 3 is 2.50 bits per heavy atom. The van der Waals surface area contributed by atoms with Gasteiger partial charge in [-0.3, -0.25) is 4.79 Å². The lowest BCUT2D eigenvalue weighted by atomic mass is 10.2. The third-order valence-corrected chi connectivity index (χ3v) is 1.90. The maximum absolute atomic E-state index is 10.8. The lowest BCUT2D eigenvalue weighted by molar-refractivity contribution is 0.109. The number of anilines is 1. The molecule has 4 N–H and O–H groups in total. The maximum Gasteiger partial charge on any atom is 0.216 e. The average Bonchev–Trinajstić information content (AvgIpc) is 2.18. The van der Waals surface area contributed by atoms with Crippen molar-refractivity contribution < 1.29 is 4.79 Å². The summed E-state index contributed by atoms with van der Waals surface area (Å²) in [5.74, 6) is 0. The summed E-state index contributed by atoms with van der Waals surface area (Å²) in [5.41, 5.74) is 6.76. The minimum atomic E-state index is -0.507. The number of benzene rings is 1. The smallest absolute Gasteiger partial charge is 0.216 e. The summed E-state index contributed by atoms with van der Waals surface area (Å²) in [6, 6.07) is 6.72. The molecule has 0 saturated carbocycles. The Labute approximate surface area is 87.4 Å². The van der Waals surface area contributed by atoms with Crippen molar-refractivity contribution in [1.29, 1.82) is 5.41 Å². The first-order valence-electron chi connectivity index (χ1n) is 3.99. The second-order valence-electron chi connectivity index (χ2n) is 2.72. The molecular weight excluding hydrogens is 198 g/mol. The van der Waals surface area contributed by atoms with E-state index in [-0.39, 0.29) is 5.12 Å². The van der Waals surface area contributed by atoms with E-state index in [4.69, 9.17) is 11.1 Å². The molecule has 1 unspecified atom stereocenters. The molecule has 0 aliphatic rings. The fourth-order valence-electron chi connectivity index (χ4n) is 0.943. The van der Waals surface area contributed by atoms with E-state index in [1.165, 1.54) is 0 Å². The normalized spacial score (nSPS) is 11.9. The monoisotopic (exact) mass is 209 g/mol. The highest BCUT2D eigenvalue weighted by Gasteiger charge is 2.00. The van der Waals surface area contributed by atoms with Crippen molar-refractivity contribution in [2.45, 2.75) is 6.17 Å². The summed E-state index contributed by atoms with van der Waals surface area (Å²) in [6.07, 6.45) is 0.588. The summed E-state index contributed by atoms with van der Waals surface area (Å²) in [5, 5.41) is 9.48. The van der Waals surface area contributed by atoms with Crippen LogP contribution < -0.4 is 11.1 Å². The molecule has 0 bridgehead atoms. The fraction of sp³-hybridized carbons (Fsp3) is 0.111. The van der Waals surface area contributed by atoms with Crippen LogP contribution in [0.4, 0.5) is 5.69 Å². The van der Waals surface area contributed by atoms with Gasteiger partial charge in [0.15, 0.2) is 0 Å². The van der Waals surface area contributed by atoms with E-state index in [0.29, 0.717) is 5.56 Å². The highest BCUT2D eigenvalue weighted by Crippen LogP contribution is 2.11. The highest BCUT2D eigenvalue weighted by molar-refractivity contribution is 7.97. The lowest BCUT2D eigenvalue weighted by Gasteiger charge is -2.09. The van der Waals surface area contributed by atoms with Crippen molar-refractivity contribution >= 4 is 29.6 Å². The molecular formula is C9H11N3OS. The Morgan fingerprint density at radius 2 is 2.07 bits per heavy atom. The first kappa shape index (κ1) is 10.7. The van der Waals surface area contributed by atoms with Gasteiger partial charge in [-0.05, 0) is 24.3 Å². The van der Waals surface area contributed by atoms with Crippen LogP contribution in [0.1, 0.15) is 10.4 Å². The molecule has 0 spiro atoms. The Balaban J connectivity index is 2.73. The predicted molar refractivity (Wildman–Crippen MR) is 60.1 cm³/mol. The summed E-state index contributed by atoms with van der Waals surface area (Å²) in [4.78, 5) is 10.8. The number of hydrogen-bond donors (Lipinski definition) is 4. The Hall–Kier alpha value is -1.33. The Bertz CT molecular complexity index is 336. The predicted octanol–water partition coefficient (Wildman–Crippen LogP) is 1.10. The van der Waals surface area contributed by atoms with E-state index in [9.17, 15) is 4.79 Å². The number of thiol groups is 1. The second-order valence-corrected chi connectivity index (χ2v) is 3.13. The molecule has 0 heterocycles. The van der Waals surface area contributed by atoms with Crippen LogP contribution in [-0.4, -0.2) is 17.5 Å². The largest absolute Gasteiger partial charge is 0.365 e. The van der Waals surface area contributed by atoms with Gasteiger partial charge in [0.2, 0.25) is 5.12 Å². The summed E-state index contributed by atoms with van der Waals surface area (Å²) < 4.78 is 0. The molecule has 5 heteroatoms. The van der Waals surface area contributed by atoms with Gasteiger partial charge in [-0.1, -0.05) is 0 Å². The molecule has 1 aromatic rings. The van der Waals surface area contributed by atoms with Crippen LogP contribution in [-0.2, 0) is 0 Å². The van der Waals surface area contributed by atoms with Crippen molar-refractivity contribution in [2.75, 3.05) is 5.32 Å². The molecule has 0 aliphatic carbocycles. The number of carbonyl (C=O) groups is 1. The minimum absolute atomic E-state index is 0.270. The van der Waals surface area contributed by atoms with Gasteiger partial charge >= 0.3 is 0 Å². The number of rotatable bonds is 4. The average molecular weight is 209 g/mol. The molecule has 0 fully saturated rings. The molecule has 0 radical (unpaired) electrons. The highest BCUT2D eigenvalue weighted by atomic mass is 32.1. The summed E-state index contributed by atoms with van der Waals surface area (Å²) >= 11 is 3.69. The van der Waals surface area contributed by atoms with E-state index >= 15 is 0 Å². The van der Waals surface area contributed by atoms with Gasteiger partial charge in [-0.2, -0.15) is 0 Å². The van der Waals surface area contributed by atoms with Crippen LogP contribution >= 0.6 is 12.6 Å². The van der Waals surface area contributed by atoms with E-state index in [2.05, 4.69) is 17.9 Å². The minimum Gasteiger partial charge on any atom is -0.365 e. The van der Waals surface area contributed by atoms with Gasteiger partial charge in [-0.15, -0.1) is 12.6 Å². The molecule has 0 amide bonds. The zero-order valence-electron chi connectivity index (χ0n) is 7.40. The third-order valence-electron chi connectivity index (χ3n) is 1.64. The van der Waals surface area contributed by atoms with Crippen molar-refractivity contribution in [1.82, 2.24) is 0 Å². The maximum atomic E-state index is 10.8. The first-order valence-corrected chi connectivity index (χ1v) is 4.44. The number of nitrogens with one attached hydrogen (secondary N) is 2. The molecule has 14 heavy (non-hydrogen) atoms. The topological polar surface area (TPSA) is 79.0 Å². The standard InChI is InChI=1S/C9H11N3OS/c10-5-8(11)12-7-3-1-6(2-4-7)9(13)14/h1-5,8,10,12H,11H2,(H,13,14). The molecule has 4 nitrogen and oxygen atoms in total. The molecule has 0 saturated heterocycles. The quantitative estimate of drug-likeness (QED) is 0.340. The SMILES string of the molecule is N=CC(N)Nc1ccc(C(=O)S)cc1. The third kappa shape index (κ3) is 2.86. The molecule has 0 aromatic heterocycles. The fourth-order valence-corrected chi connectivity index (χ4v) is 1.09. The molecule has 74 valence electrons. The van der Waals surface area contributed by atoms with Crippen molar-refractivity contribution in [2.24, 2.45) is 5.73 Å². The van der Waals surface area contributed by atoms with Gasteiger partial charge in [0, 0.05) is 17.5 Å². The van der Waals surface area contributed by atoms with Crippen molar-refractivity contribution in [3.05, 3.63) is 29.8 Å². The zero-order valence-corrected chi connectivity index (χ0v) is 8.29. The van der Waals surface area contributed by atoms with Crippen LogP contribution in [0, 0.1) is 5.41 Å². The van der Waals surface area contributed by atoms with E-state index in [0.717, 1.165) is 11.9 Å². The molecule has 1 rings (SSSR count). The second kappa shape index (κ2) is 4.78. The molecule has 1 aromatic carbocycles. The summed E-state index contributed by atoms with van der Waals surface area (Å²) in [7, 11) is 0. The Kier molecular flexibility index (Phi) is 3.67. The zero-order chi connectivity index (χ0) is 10.6. The van der Waals surface area contributed by atoms with E-state index in [1.807, 2.05) is 0 Å². The Morgan fingerprint density at radius 1 is 1.50 bits per heavy atom. The lowest BCUT2D eigenvalue weighted by Crippen LogP contribution is -2.30. The van der Waals surface area contributed by atoms with Crippen LogP contribution in [0.25, 0.3) is 0 Å². The van der Waals surface area contributed by atoms with Gasteiger partial charge in [0.25, 0.3) is 0 Å². The van der Waals surface area contributed by atoms with Crippen LogP contribution in [0.3, 0.4) is 0 Å². The first-order chi connectivity index (χ1) is 6.63. The molecule has 0 aliphatic heterocycles. The van der Waals surface area contributed by atoms with Crippen LogP contribution in [0.15, 0.2) is 24.3 Å². The van der Waals surface area contributed by atoms with E-state index < -0.39 is 6.17 Å². The summed E-state index contributed by atoms with van der Waals surface area (Å²) in [6.45, 7) is 0. The van der Waals surface area contributed by atoms with Crippen LogP contribution in [0.2, 0.25) is 0 Å². The number of carbonyl (C=O) groups excluding carboxylic acids is 1. The number of nitrogens with two attached hydrogens (primary N) is 1. The number of hydrogen-bond acceptors (Lipinski definition) is 4. The van der Waals surface area contributed by atoms with Gasteiger partial charge in [0.05, 0.1) is 0 Å². The van der Waals surface area contributed by atoms with E-state index in [1.54, 1.807) is 24.3 Å². The van der Waals surface area contributed by atoms with Gasteiger partial charge < -0.3 is 16.5 Å². The van der Waals surface area contributed by atoms with Gasteiger partial charge in [0.1, 0.15) is 6.17 Å². The van der Waals surface area contributed by atoms with Crippen LogP contribution in [0.5, 0.6) is 0 Å². The van der Waals surface area contributed by atoms with Crippen molar-refractivity contribution in [3.8, 4) is 0 Å². The molecule has 1 atom stereocenters.